The first-order valence-corrected chi connectivity index (χ1v) is 8.02. The van der Waals surface area contributed by atoms with Gasteiger partial charge in [-0.15, -0.1) is 0 Å². The van der Waals surface area contributed by atoms with Crippen molar-refractivity contribution in [3.8, 4) is 0 Å². The van der Waals surface area contributed by atoms with Crippen molar-refractivity contribution in [1.82, 2.24) is 19.8 Å². The lowest BCUT2D eigenvalue weighted by molar-refractivity contribution is -0.126. The first-order valence-electron chi connectivity index (χ1n) is 8.02. The van der Waals surface area contributed by atoms with Gasteiger partial charge in [-0.3, -0.25) is 14.3 Å². The average Bonchev–Trinajstić information content (AvgIpc) is 2.66. The summed E-state index contributed by atoms with van der Waals surface area (Å²) in [6.07, 6.45) is 4.36. The fourth-order valence-electron chi connectivity index (χ4n) is 3.04. The zero-order valence-corrected chi connectivity index (χ0v) is 13.8. The second kappa shape index (κ2) is 7.54. The van der Waals surface area contributed by atoms with Gasteiger partial charge in [0.15, 0.2) is 0 Å². The first kappa shape index (κ1) is 16.7. The molecule has 1 fully saturated rings. The Kier molecular flexibility index (Phi) is 5.71. The summed E-state index contributed by atoms with van der Waals surface area (Å²) in [6, 6.07) is 1.83. The Morgan fingerprint density at radius 3 is 2.86 bits per heavy atom. The summed E-state index contributed by atoms with van der Waals surface area (Å²) in [5.74, 6) is 0.0650. The number of aromatic nitrogens is 2. The molecule has 1 atom stereocenters. The van der Waals surface area contributed by atoms with Crippen LogP contribution in [0.3, 0.4) is 0 Å². The number of nitrogens with zero attached hydrogens (tertiary/aromatic N) is 3. The highest BCUT2D eigenvalue weighted by atomic mass is 16.2. The van der Waals surface area contributed by atoms with E-state index in [1.165, 1.54) is 6.42 Å². The average molecular weight is 306 g/mol. The lowest BCUT2D eigenvalue weighted by Gasteiger charge is -2.24. The van der Waals surface area contributed by atoms with E-state index < -0.39 is 0 Å². The van der Waals surface area contributed by atoms with Crippen molar-refractivity contribution in [3.63, 3.8) is 0 Å². The van der Waals surface area contributed by atoms with Crippen LogP contribution in [0.4, 0.5) is 0 Å². The highest BCUT2D eigenvalue weighted by Crippen LogP contribution is 2.15. The maximum Gasteiger partial charge on any atom is 0.348 e. The highest BCUT2D eigenvalue weighted by Gasteiger charge is 2.24. The summed E-state index contributed by atoms with van der Waals surface area (Å²) < 4.78 is 1.60. The van der Waals surface area contributed by atoms with Crippen molar-refractivity contribution in [2.24, 2.45) is 0 Å². The normalized spacial score (nSPS) is 19.7. The molecule has 1 amide bonds. The highest BCUT2D eigenvalue weighted by molar-refractivity contribution is 5.81. The molecule has 0 bridgehead atoms. The molecule has 0 unspecified atom stereocenters. The predicted molar refractivity (Wildman–Crippen MR) is 85.9 cm³/mol. The summed E-state index contributed by atoms with van der Waals surface area (Å²) in [5, 5.41) is 2.96. The van der Waals surface area contributed by atoms with Crippen LogP contribution in [0.1, 0.15) is 37.1 Å². The van der Waals surface area contributed by atoms with Gasteiger partial charge in [-0.25, -0.2) is 4.79 Å². The van der Waals surface area contributed by atoms with E-state index in [4.69, 9.17) is 0 Å². The van der Waals surface area contributed by atoms with Crippen LogP contribution in [0.2, 0.25) is 0 Å². The van der Waals surface area contributed by atoms with Crippen molar-refractivity contribution in [1.29, 1.82) is 0 Å². The van der Waals surface area contributed by atoms with Crippen LogP contribution in [0.25, 0.3) is 0 Å². The largest absolute Gasteiger partial charge is 0.353 e. The predicted octanol–water partition coefficient (Wildman–Crippen LogP) is 0.851. The molecule has 122 valence electrons. The van der Waals surface area contributed by atoms with E-state index in [-0.39, 0.29) is 17.6 Å². The Morgan fingerprint density at radius 2 is 2.14 bits per heavy atom. The molecule has 1 N–H and O–H groups in total. The second-order valence-electron chi connectivity index (χ2n) is 6.11. The molecule has 6 heteroatoms. The summed E-state index contributed by atoms with van der Waals surface area (Å²) in [5.41, 5.74) is 1.35. The van der Waals surface area contributed by atoms with Crippen LogP contribution in [0.15, 0.2) is 10.9 Å². The number of rotatable bonds is 4. The minimum atomic E-state index is -0.252. The number of likely N-dealkylation sites (N-methyl/N-ethyl adjacent to an activating group) is 1. The number of carbonyl (C=O) groups is 1. The maximum atomic E-state index is 12.3. The maximum absolute atomic E-state index is 12.3. The molecule has 0 aliphatic carbocycles. The fraction of sp³-hybridized carbons (Fsp3) is 0.688. The molecule has 0 spiro atoms. The summed E-state index contributed by atoms with van der Waals surface area (Å²) >= 11 is 0. The number of carbonyl (C=O) groups excluding carboxylic acids is 1. The standard InChI is InChI=1S/C16H26N4O2/c1-12-11-13(2)20(16(22)18-12)10-8-17-15(21)14-7-5-4-6-9-19(14)3/h11,14H,4-10H2,1-3H3,(H,17,21)/t14-/m1/s1. The van der Waals surface area contributed by atoms with E-state index in [1.54, 1.807) is 4.57 Å². The van der Waals surface area contributed by atoms with Gasteiger partial charge in [0.05, 0.1) is 6.04 Å². The molecule has 22 heavy (non-hydrogen) atoms. The molecule has 0 aromatic carbocycles. The van der Waals surface area contributed by atoms with Crippen molar-refractivity contribution < 1.29 is 4.79 Å². The molecule has 0 saturated carbocycles. The zero-order chi connectivity index (χ0) is 16.1. The van der Waals surface area contributed by atoms with E-state index in [1.807, 2.05) is 27.0 Å². The monoisotopic (exact) mass is 306 g/mol. The SMILES string of the molecule is Cc1cc(C)n(CCNC(=O)[C@H]2CCCCCN2C)c(=O)n1. The lowest BCUT2D eigenvalue weighted by atomic mass is 10.1. The van der Waals surface area contributed by atoms with Gasteiger partial charge in [0.2, 0.25) is 5.91 Å². The molecular formula is C16H26N4O2. The van der Waals surface area contributed by atoms with Crippen molar-refractivity contribution >= 4 is 5.91 Å². The van der Waals surface area contributed by atoms with Crippen molar-refractivity contribution in [2.45, 2.75) is 52.1 Å². The van der Waals surface area contributed by atoms with Crippen LogP contribution in [0, 0.1) is 13.8 Å². The van der Waals surface area contributed by atoms with Crippen LogP contribution in [-0.2, 0) is 11.3 Å². The van der Waals surface area contributed by atoms with Gasteiger partial charge in [-0.05, 0) is 46.3 Å². The van der Waals surface area contributed by atoms with E-state index in [0.29, 0.717) is 13.1 Å². The second-order valence-corrected chi connectivity index (χ2v) is 6.11. The van der Waals surface area contributed by atoms with Gasteiger partial charge in [0.25, 0.3) is 0 Å². The minimum Gasteiger partial charge on any atom is -0.353 e. The van der Waals surface area contributed by atoms with Crippen molar-refractivity contribution in [2.75, 3.05) is 20.1 Å². The Hall–Kier alpha value is -1.69. The molecular weight excluding hydrogens is 280 g/mol. The van der Waals surface area contributed by atoms with Gasteiger partial charge >= 0.3 is 5.69 Å². The smallest absolute Gasteiger partial charge is 0.348 e. The molecule has 1 saturated heterocycles. The third-order valence-electron chi connectivity index (χ3n) is 4.30. The number of aryl methyl sites for hydroxylation is 2. The summed E-state index contributed by atoms with van der Waals surface area (Å²) in [4.78, 5) is 30.3. The number of hydrogen-bond donors (Lipinski definition) is 1. The van der Waals surface area contributed by atoms with Gasteiger partial charge in [0.1, 0.15) is 0 Å². The molecule has 1 aromatic heterocycles. The minimum absolute atomic E-state index is 0.0449. The van der Waals surface area contributed by atoms with Crippen LogP contribution >= 0.6 is 0 Å². The fourth-order valence-corrected chi connectivity index (χ4v) is 3.04. The zero-order valence-electron chi connectivity index (χ0n) is 13.8. The van der Waals surface area contributed by atoms with Crippen molar-refractivity contribution in [3.05, 3.63) is 27.9 Å². The van der Waals surface area contributed by atoms with E-state index in [9.17, 15) is 9.59 Å². The third-order valence-corrected chi connectivity index (χ3v) is 4.30. The Balaban J connectivity index is 1.90. The van der Waals surface area contributed by atoms with Gasteiger partial charge in [-0.2, -0.15) is 4.98 Å². The van der Waals surface area contributed by atoms with Crippen LogP contribution in [-0.4, -0.2) is 46.5 Å². The Morgan fingerprint density at radius 1 is 1.36 bits per heavy atom. The van der Waals surface area contributed by atoms with Crippen LogP contribution < -0.4 is 11.0 Å². The van der Waals surface area contributed by atoms with Gasteiger partial charge in [-0.1, -0.05) is 12.8 Å². The topological polar surface area (TPSA) is 67.2 Å². The van der Waals surface area contributed by atoms with Gasteiger partial charge < -0.3 is 5.32 Å². The summed E-state index contributed by atoms with van der Waals surface area (Å²) in [6.45, 7) is 5.58. The molecule has 6 nitrogen and oxygen atoms in total. The van der Waals surface area contributed by atoms with Crippen LogP contribution in [0.5, 0.6) is 0 Å². The number of likely N-dealkylation sites (tertiary alicyclic amines) is 1. The molecule has 1 aliphatic heterocycles. The molecule has 2 heterocycles. The van der Waals surface area contributed by atoms with E-state index in [0.717, 1.165) is 37.2 Å². The van der Waals surface area contributed by atoms with Gasteiger partial charge in [0, 0.05) is 24.5 Å². The summed E-state index contributed by atoms with van der Waals surface area (Å²) in [7, 11) is 2.01. The number of nitrogens with one attached hydrogen (secondary N) is 1. The molecule has 0 radical (unpaired) electrons. The quantitative estimate of drug-likeness (QED) is 0.895. The lowest BCUT2D eigenvalue weighted by Crippen LogP contribution is -2.46. The Labute approximate surface area is 131 Å². The van der Waals surface area contributed by atoms with E-state index in [2.05, 4.69) is 15.2 Å². The number of amides is 1. The molecule has 1 aromatic rings. The molecule has 1 aliphatic rings. The third kappa shape index (κ3) is 4.16. The Bertz CT molecular complexity index is 582. The van der Waals surface area contributed by atoms with E-state index >= 15 is 0 Å². The number of hydrogen-bond acceptors (Lipinski definition) is 4. The first-order chi connectivity index (χ1) is 10.5. The molecule has 2 rings (SSSR count).